The first-order valence-corrected chi connectivity index (χ1v) is 11.1. The molecule has 0 radical (unpaired) electrons. The number of aliphatic hydroxyl groups is 1. The molecule has 9 nitrogen and oxygen atoms in total. The molecule has 0 unspecified atom stereocenters. The lowest BCUT2D eigenvalue weighted by Gasteiger charge is -2.20. The van der Waals surface area contributed by atoms with E-state index in [1.807, 2.05) is 25.1 Å². The summed E-state index contributed by atoms with van der Waals surface area (Å²) in [6, 6.07) is 11.5. The Morgan fingerprint density at radius 1 is 1.18 bits per heavy atom. The monoisotopic (exact) mass is 445 g/mol. The first-order chi connectivity index (χ1) is 15.9. The number of nitrogens with one attached hydrogen (secondary N) is 2. The van der Waals surface area contributed by atoms with E-state index < -0.39 is 5.60 Å². The third-order valence-electron chi connectivity index (χ3n) is 5.94. The molecular formula is C24H27N7O2. The van der Waals surface area contributed by atoms with Crippen LogP contribution >= 0.6 is 0 Å². The van der Waals surface area contributed by atoms with Crippen LogP contribution in [-0.2, 0) is 25.1 Å². The molecule has 0 saturated heterocycles. The minimum Gasteiger partial charge on any atom is -0.384 e. The molecule has 4 aromatic rings. The molecule has 0 atom stereocenters. The second kappa shape index (κ2) is 8.09. The minimum atomic E-state index is -1.11. The lowest BCUT2D eigenvalue weighted by molar-refractivity contribution is 0.0738. The number of fused-ring (bicyclic) bond motifs is 2. The fourth-order valence-corrected chi connectivity index (χ4v) is 4.26. The average molecular weight is 446 g/mol. The molecule has 3 aromatic heterocycles. The maximum absolute atomic E-state index is 13.1. The van der Waals surface area contributed by atoms with Gasteiger partial charge in [-0.15, -0.1) is 0 Å². The van der Waals surface area contributed by atoms with Crippen LogP contribution in [0.1, 0.15) is 37.6 Å². The summed E-state index contributed by atoms with van der Waals surface area (Å²) in [4.78, 5) is 26.8. The fourth-order valence-electron chi connectivity index (χ4n) is 4.26. The Kier molecular flexibility index (Phi) is 5.22. The van der Waals surface area contributed by atoms with Crippen molar-refractivity contribution in [3.8, 4) is 5.82 Å². The summed E-state index contributed by atoms with van der Waals surface area (Å²) in [5, 5.41) is 17.6. The van der Waals surface area contributed by atoms with Crippen molar-refractivity contribution in [1.29, 1.82) is 0 Å². The van der Waals surface area contributed by atoms with E-state index in [0.29, 0.717) is 35.0 Å². The number of rotatable bonds is 5. The minimum absolute atomic E-state index is 0.183. The number of hydrogen-bond donors (Lipinski definition) is 3. The van der Waals surface area contributed by atoms with Crippen LogP contribution in [-0.4, -0.2) is 36.0 Å². The van der Waals surface area contributed by atoms with Crippen molar-refractivity contribution in [2.75, 3.05) is 11.9 Å². The Labute approximate surface area is 191 Å². The fraction of sp³-hybridized carbons (Fsp3) is 0.333. The van der Waals surface area contributed by atoms with Crippen LogP contribution in [0, 0.1) is 0 Å². The zero-order valence-corrected chi connectivity index (χ0v) is 19.0. The smallest absolute Gasteiger partial charge is 0.278 e. The molecule has 0 amide bonds. The van der Waals surface area contributed by atoms with Crippen LogP contribution < -0.4 is 16.2 Å². The van der Waals surface area contributed by atoms with E-state index in [4.69, 9.17) is 4.98 Å². The predicted octanol–water partition coefficient (Wildman–Crippen LogP) is 2.61. The van der Waals surface area contributed by atoms with Crippen molar-refractivity contribution in [3.05, 3.63) is 69.8 Å². The first-order valence-electron chi connectivity index (χ1n) is 11.1. The van der Waals surface area contributed by atoms with Gasteiger partial charge in [-0.3, -0.25) is 4.79 Å². The van der Waals surface area contributed by atoms with E-state index in [1.165, 1.54) is 11.1 Å². The summed E-state index contributed by atoms with van der Waals surface area (Å²) >= 11 is 0. The van der Waals surface area contributed by atoms with E-state index in [1.54, 1.807) is 41.5 Å². The summed E-state index contributed by atoms with van der Waals surface area (Å²) in [6.07, 6.45) is 2.48. The topological polar surface area (TPSA) is 110 Å². The Morgan fingerprint density at radius 3 is 2.79 bits per heavy atom. The van der Waals surface area contributed by atoms with E-state index >= 15 is 0 Å². The van der Waals surface area contributed by atoms with Crippen molar-refractivity contribution in [1.82, 2.24) is 29.6 Å². The zero-order valence-electron chi connectivity index (χ0n) is 19.0. The number of aromatic nitrogens is 5. The van der Waals surface area contributed by atoms with Gasteiger partial charge in [0.25, 0.3) is 5.56 Å². The lowest BCUT2D eigenvalue weighted by atomic mass is 9.99. The number of hydrogen-bond acceptors (Lipinski definition) is 7. The van der Waals surface area contributed by atoms with Crippen molar-refractivity contribution in [3.63, 3.8) is 0 Å². The van der Waals surface area contributed by atoms with Crippen LogP contribution in [0.25, 0.3) is 16.9 Å². The average Bonchev–Trinajstić information content (AvgIpc) is 3.10. The molecule has 5 rings (SSSR count). The molecule has 0 aliphatic carbocycles. The predicted molar refractivity (Wildman–Crippen MR) is 127 cm³/mol. The van der Waals surface area contributed by atoms with Gasteiger partial charge in [-0.05, 0) is 63.1 Å². The highest BCUT2D eigenvalue weighted by atomic mass is 16.3. The number of anilines is 2. The molecule has 33 heavy (non-hydrogen) atoms. The second-order valence-electron chi connectivity index (χ2n) is 8.70. The summed E-state index contributed by atoms with van der Waals surface area (Å²) in [6.45, 7) is 7.46. The Morgan fingerprint density at radius 2 is 2.00 bits per heavy atom. The molecule has 1 aliphatic heterocycles. The molecule has 3 N–H and O–H groups in total. The highest BCUT2D eigenvalue weighted by molar-refractivity contribution is 5.77. The number of nitrogens with zero attached hydrogens (tertiary/aromatic N) is 5. The first kappa shape index (κ1) is 21.3. The maximum atomic E-state index is 13.1. The van der Waals surface area contributed by atoms with Gasteiger partial charge in [-0.25, -0.2) is 19.3 Å². The Balaban J connectivity index is 1.64. The summed E-state index contributed by atoms with van der Waals surface area (Å²) in [5.41, 5.74) is 3.16. The molecule has 0 saturated carbocycles. The van der Waals surface area contributed by atoms with Gasteiger partial charge in [0, 0.05) is 25.0 Å². The van der Waals surface area contributed by atoms with Crippen molar-refractivity contribution >= 4 is 22.7 Å². The van der Waals surface area contributed by atoms with Crippen LogP contribution in [0.4, 0.5) is 11.6 Å². The van der Waals surface area contributed by atoms with E-state index in [2.05, 4.69) is 26.7 Å². The van der Waals surface area contributed by atoms with E-state index in [0.717, 1.165) is 25.2 Å². The van der Waals surface area contributed by atoms with Gasteiger partial charge in [0.15, 0.2) is 11.5 Å². The van der Waals surface area contributed by atoms with Crippen molar-refractivity contribution in [2.45, 2.75) is 45.9 Å². The largest absolute Gasteiger partial charge is 0.384 e. The zero-order chi connectivity index (χ0) is 23.2. The molecule has 1 aromatic carbocycles. The third kappa shape index (κ3) is 3.79. The van der Waals surface area contributed by atoms with Crippen LogP contribution in [0.3, 0.4) is 0 Å². The second-order valence-corrected chi connectivity index (χ2v) is 8.70. The molecule has 0 spiro atoms. The molecular weight excluding hydrogens is 418 g/mol. The molecule has 9 heteroatoms. The summed E-state index contributed by atoms with van der Waals surface area (Å²) in [5.74, 6) is 0.923. The number of pyridine rings is 1. The van der Waals surface area contributed by atoms with Gasteiger partial charge < -0.3 is 15.7 Å². The van der Waals surface area contributed by atoms with Gasteiger partial charge in [0.05, 0.1) is 5.69 Å². The van der Waals surface area contributed by atoms with E-state index in [-0.39, 0.29) is 5.56 Å². The van der Waals surface area contributed by atoms with Crippen LogP contribution in [0.2, 0.25) is 0 Å². The Bertz CT molecular complexity index is 1400. The third-order valence-corrected chi connectivity index (χ3v) is 5.94. The summed E-state index contributed by atoms with van der Waals surface area (Å²) in [7, 11) is 0. The van der Waals surface area contributed by atoms with Crippen molar-refractivity contribution < 1.29 is 5.11 Å². The van der Waals surface area contributed by atoms with Gasteiger partial charge in [0.2, 0.25) is 5.95 Å². The van der Waals surface area contributed by atoms with Gasteiger partial charge in [0.1, 0.15) is 11.0 Å². The van der Waals surface area contributed by atoms with Crippen LogP contribution in [0.15, 0.2) is 47.4 Å². The van der Waals surface area contributed by atoms with Gasteiger partial charge in [-0.1, -0.05) is 18.2 Å². The molecule has 0 fully saturated rings. The summed E-state index contributed by atoms with van der Waals surface area (Å²) < 4.78 is 3.28. The maximum Gasteiger partial charge on any atom is 0.278 e. The highest BCUT2D eigenvalue weighted by Gasteiger charge is 2.22. The SMILES string of the molecule is CCn1c(=O)c2cnc(Nc3cccc4c3CCNC4)nc2n1-c1cccc(C(C)(C)O)n1. The van der Waals surface area contributed by atoms with Gasteiger partial charge >= 0.3 is 0 Å². The Hall–Kier alpha value is -3.56. The molecule has 4 heterocycles. The van der Waals surface area contributed by atoms with E-state index in [9.17, 15) is 9.90 Å². The molecule has 170 valence electrons. The highest BCUT2D eigenvalue weighted by Crippen LogP contribution is 2.26. The lowest BCUT2D eigenvalue weighted by Crippen LogP contribution is -2.24. The standard InChI is InChI=1S/C24H27N7O2/c1-4-30-22(32)17-14-26-23(27-18-8-5-7-15-13-25-12-11-16(15)18)29-21(17)31(30)20-10-6-9-19(28-20)24(2,3)33/h5-10,14,25,33H,4,11-13H2,1-3H3,(H,26,27,29). The van der Waals surface area contributed by atoms with Crippen molar-refractivity contribution in [2.24, 2.45) is 0 Å². The normalized spacial score (nSPS) is 13.8. The molecule has 1 aliphatic rings. The molecule has 0 bridgehead atoms. The number of benzene rings is 1. The van der Waals surface area contributed by atoms with Crippen LogP contribution in [0.5, 0.6) is 0 Å². The van der Waals surface area contributed by atoms with Gasteiger partial charge in [-0.2, -0.15) is 4.98 Å². The quantitative estimate of drug-likeness (QED) is 0.433.